The van der Waals surface area contributed by atoms with Crippen molar-refractivity contribution in [2.75, 3.05) is 20.3 Å². The maximum absolute atomic E-state index is 12.3. The van der Waals surface area contributed by atoms with Crippen LogP contribution in [0.15, 0.2) is 0 Å². The molecule has 0 bridgehead atoms. The number of rotatable bonds is 6. The van der Waals surface area contributed by atoms with E-state index in [0.29, 0.717) is 26.0 Å². The van der Waals surface area contributed by atoms with E-state index in [-0.39, 0.29) is 11.9 Å². The van der Waals surface area contributed by atoms with Gasteiger partial charge in [-0.1, -0.05) is 6.42 Å². The first-order valence-electron chi connectivity index (χ1n) is 5.99. The molecule has 1 saturated carbocycles. The van der Waals surface area contributed by atoms with Crippen LogP contribution in [0.2, 0.25) is 0 Å². The first kappa shape index (κ1) is 14.0. The molecule has 1 fully saturated rings. The molecule has 0 aromatic carbocycles. The molecule has 0 saturated heterocycles. The van der Waals surface area contributed by atoms with Crippen LogP contribution < -0.4 is 0 Å². The lowest BCUT2D eigenvalue weighted by atomic mass is 9.67. The molecule has 0 atom stereocenters. The average Bonchev–Trinajstić information content (AvgIpc) is 2.15. The highest BCUT2D eigenvalue weighted by Gasteiger charge is 2.53. The number of nitrogens with zero attached hydrogens (tertiary/aromatic N) is 1. The van der Waals surface area contributed by atoms with E-state index in [9.17, 15) is 14.7 Å². The SMILES string of the molecule is COCCN(C(=O)C1(C(=O)O)CCC1)C(C)C. The third-order valence-electron chi connectivity index (χ3n) is 3.45. The minimum atomic E-state index is -1.17. The summed E-state index contributed by atoms with van der Waals surface area (Å²) in [4.78, 5) is 25.2. The smallest absolute Gasteiger partial charge is 0.319 e. The fourth-order valence-corrected chi connectivity index (χ4v) is 2.11. The molecule has 5 nitrogen and oxygen atoms in total. The monoisotopic (exact) mass is 243 g/mol. The van der Waals surface area contributed by atoms with Crippen molar-refractivity contribution in [3.8, 4) is 0 Å². The second kappa shape index (κ2) is 5.49. The molecule has 0 aliphatic heterocycles. The van der Waals surface area contributed by atoms with Crippen LogP contribution in [0.1, 0.15) is 33.1 Å². The van der Waals surface area contributed by atoms with E-state index in [2.05, 4.69) is 0 Å². The van der Waals surface area contributed by atoms with Crippen LogP contribution >= 0.6 is 0 Å². The molecule has 0 aromatic heterocycles. The molecule has 1 aliphatic rings. The molecule has 1 aliphatic carbocycles. The van der Waals surface area contributed by atoms with E-state index < -0.39 is 11.4 Å². The highest BCUT2D eigenvalue weighted by molar-refractivity contribution is 6.02. The summed E-state index contributed by atoms with van der Waals surface area (Å²) < 4.78 is 4.96. The summed E-state index contributed by atoms with van der Waals surface area (Å²) in [7, 11) is 1.57. The Bertz CT molecular complexity index is 297. The third-order valence-corrected chi connectivity index (χ3v) is 3.45. The van der Waals surface area contributed by atoms with Crippen LogP contribution in [0.25, 0.3) is 0 Å². The topological polar surface area (TPSA) is 66.8 Å². The lowest BCUT2D eigenvalue weighted by Gasteiger charge is -2.41. The van der Waals surface area contributed by atoms with E-state index >= 15 is 0 Å². The fraction of sp³-hybridized carbons (Fsp3) is 0.833. The third kappa shape index (κ3) is 2.60. The molecule has 0 aromatic rings. The molecule has 0 unspecified atom stereocenters. The van der Waals surface area contributed by atoms with Crippen molar-refractivity contribution in [3.05, 3.63) is 0 Å². The number of ether oxygens (including phenoxy) is 1. The van der Waals surface area contributed by atoms with Gasteiger partial charge in [0.2, 0.25) is 5.91 Å². The Morgan fingerprint density at radius 1 is 1.41 bits per heavy atom. The zero-order chi connectivity index (χ0) is 13.1. The maximum Gasteiger partial charge on any atom is 0.319 e. The van der Waals surface area contributed by atoms with Gasteiger partial charge in [-0.2, -0.15) is 0 Å². The number of carbonyl (C=O) groups excluding carboxylic acids is 1. The molecule has 98 valence electrons. The van der Waals surface area contributed by atoms with Crippen molar-refractivity contribution in [1.82, 2.24) is 4.90 Å². The lowest BCUT2D eigenvalue weighted by Crippen LogP contribution is -2.55. The van der Waals surface area contributed by atoms with Gasteiger partial charge in [0.05, 0.1) is 6.61 Å². The minimum Gasteiger partial charge on any atom is -0.480 e. The Morgan fingerprint density at radius 3 is 2.29 bits per heavy atom. The van der Waals surface area contributed by atoms with Crippen LogP contribution in [-0.4, -0.2) is 48.2 Å². The van der Waals surface area contributed by atoms with Crippen molar-refractivity contribution in [2.24, 2.45) is 5.41 Å². The van der Waals surface area contributed by atoms with Gasteiger partial charge in [-0.3, -0.25) is 9.59 Å². The zero-order valence-electron chi connectivity index (χ0n) is 10.7. The van der Waals surface area contributed by atoms with Crippen LogP contribution in [0, 0.1) is 5.41 Å². The van der Waals surface area contributed by atoms with Crippen LogP contribution in [0.3, 0.4) is 0 Å². The van der Waals surface area contributed by atoms with Crippen LogP contribution in [0.5, 0.6) is 0 Å². The van der Waals surface area contributed by atoms with E-state index in [1.807, 2.05) is 13.8 Å². The van der Waals surface area contributed by atoms with Gasteiger partial charge in [-0.25, -0.2) is 0 Å². The molecule has 1 rings (SSSR count). The Hall–Kier alpha value is -1.10. The van der Waals surface area contributed by atoms with E-state index in [1.54, 1.807) is 12.0 Å². The summed E-state index contributed by atoms with van der Waals surface area (Å²) in [6, 6.07) is -0.00512. The number of hydrogen-bond donors (Lipinski definition) is 1. The summed E-state index contributed by atoms with van der Waals surface area (Å²) in [5.41, 5.74) is -1.17. The zero-order valence-corrected chi connectivity index (χ0v) is 10.7. The number of carboxylic acid groups (broad SMARTS) is 1. The standard InChI is InChI=1S/C12H21NO4/c1-9(2)13(7-8-17-3)10(14)12(11(15)16)5-4-6-12/h9H,4-8H2,1-3H3,(H,15,16). The fourth-order valence-electron chi connectivity index (χ4n) is 2.11. The number of carbonyl (C=O) groups is 2. The maximum atomic E-state index is 12.3. The number of amides is 1. The van der Waals surface area contributed by atoms with Gasteiger partial charge in [-0.05, 0) is 26.7 Å². The van der Waals surface area contributed by atoms with Gasteiger partial charge in [0, 0.05) is 19.7 Å². The number of hydrogen-bond acceptors (Lipinski definition) is 3. The van der Waals surface area contributed by atoms with Gasteiger partial charge in [0.25, 0.3) is 0 Å². The Kier molecular flexibility index (Phi) is 4.51. The summed E-state index contributed by atoms with van der Waals surface area (Å²) >= 11 is 0. The van der Waals surface area contributed by atoms with Crippen molar-refractivity contribution >= 4 is 11.9 Å². The van der Waals surface area contributed by atoms with Crippen molar-refractivity contribution < 1.29 is 19.4 Å². The van der Waals surface area contributed by atoms with E-state index in [1.165, 1.54) is 0 Å². The molecule has 5 heteroatoms. The first-order valence-corrected chi connectivity index (χ1v) is 5.99. The molecule has 17 heavy (non-hydrogen) atoms. The number of aliphatic carboxylic acids is 1. The van der Waals surface area contributed by atoms with Gasteiger partial charge in [-0.15, -0.1) is 0 Å². The van der Waals surface area contributed by atoms with Gasteiger partial charge >= 0.3 is 5.97 Å². The number of carboxylic acids is 1. The molecule has 0 radical (unpaired) electrons. The molecule has 1 N–H and O–H groups in total. The minimum absolute atomic E-state index is 0.00512. The quantitative estimate of drug-likeness (QED) is 0.710. The summed E-state index contributed by atoms with van der Waals surface area (Å²) in [5, 5.41) is 9.23. The summed E-state index contributed by atoms with van der Waals surface area (Å²) in [6.07, 6.45) is 1.73. The molecule has 0 spiro atoms. The first-order chi connectivity index (χ1) is 7.95. The summed E-state index contributed by atoms with van der Waals surface area (Å²) in [5.74, 6) is -1.25. The predicted molar refractivity (Wildman–Crippen MR) is 62.6 cm³/mol. The normalized spacial score (nSPS) is 17.6. The largest absolute Gasteiger partial charge is 0.480 e. The van der Waals surface area contributed by atoms with Crippen molar-refractivity contribution in [1.29, 1.82) is 0 Å². The Morgan fingerprint density at radius 2 is 2.00 bits per heavy atom. The molecule has 0 heterocycles. The van der Waals surface area contributed by atoms with Crippen LogP contribution in [-0.2, 0) is 14.3 Å². The Balaban J connectivity index is 2.79. The highest BCUT2D eigenvalue weighted by Crippen LogP contribution is 2.43. The van der Waals surface area contributed by atoms with Crippen molar-refractivity contribution in [2.45, 2.75) is 39.2 Å². The molecular formula is C12H21NO4. The highest BCUT2D eigenvalue weighted by atomic mass is 16.5. The van der Waals surface area contributed by atoms with Gasteiger partial charge in [0.1, 0.15) is 5.41 Å². The van der Waals surface area contributed by atoms with Crippen molar-refractivity contribution in [3.63, 3.8) is 0 Å². The predicted octanol–water partition coefficient (Wildman–Crippen LogP) is 1.12. The Labute approximate surface area is 102 Å². The van der Waals surface area contributed by atoms with Gasteiger partial charge in [0.15, 0.2) is 0 Å². The van der Waals surface area contributed by atoms with E-state index in [4.69, 9.17) is 4.74 Å². The second-order valence-electron chi connectivity index (χ2n) is 4.83. The molecule has 1 amide bonds. The van der Waals surface area contributed by atoms with Crippen LogP contribution in [0.4, 0.5) is 0 Å². The average molecular weight is 243 g/mol. The van der Waals surface area contributed by atoms with Gasteiger partial charge < -0.3 is 14.7 Å². The lowest BCUT2D eigenvalue weighted by molar-refractivity contribution is -0.168. The summed E-state index contributed by atoms with van der Waals surface area (Å²) in [6.45, 7) is 4.66. The number of methoxy groups -OCH3 is 1. The molecular weight excluding hydrogens is 222 g/mol. The van der Waals surface area contributed by atoms with E-state index in [0.717, 1.165) is 6.42 Å². The second-order valence-corrected chi connectivity index (χ2v) is 4.83.